The number of likely N-dealkylation sites (N-methyl/N-ethyl adjacent to an activating group) is 1. The maximum Gasteiger partial charge on any atom is 0.417 e. The quantitative estimate of drug-likeness (QED) is 0.180. The summed E-state index contributed by atoms with van der Waals surface area (Å²) in [5, 5.41) is 1.18. The van der Waals surface area contributed by atoms with Gasteiger partial charge < -0.3 is 10.2 Å². The van der Waals surface area contributed by atoms with Crippen LogP contribution in [0.1, 0.15) is 35.1 Å². The summed E-state index contributed by atoms with van der Waals surface area (Å²) in [5.74, 6) is -5.53. The first-order chi connectivity index (χ1) is 18.5. The molecule has 3 nitrogen and oxygen atoms in total. The number of halogens is 13. The van der Waals surface area contributed by atoms with Gasteiger partial charge in [-0.1, -0.05) is 59.2 Å². The van der Waals surface area contributed by atoms with Crippen LogP contribution in [0.5, 0.6) is 0 Å². The lowest BCUT2D eigenvalue weighted by Gasteiger charge is -2.24. The van der Waals surface area contributed by atoms with Crippen LogP contribution in [-0.4, -0.2) is 47.8 Å². The van der Waals surface area contributed by atoms with Crippen molar-refractivity contribution in [2.75, 3.05) is 13.6 Å². The minimum absolute atomic E-state index is 0.0266. The maximum absolute atomic E-state index is 15.0. The molecule has 0 aliphatic rings. The van der Waals surface area contributed by atoms with Crippen molar-refractivity contribution in [3.8, 4) is 0 Å². The molecule has 0 saturated heterocycles. The summed E-state index contributed by atoms with van der Waals surface area (Å²) >= 11 is 22.2. The molecule has 0 radical (unpaired) electrons. The third-order valence-corrected chi connectivity index (χ3v) is 6.92. The van der Waals surface area contributed by atoms with Crippen LogP contribution in [0.25, 0.3) is 5.83 Å². The zero-order chi connectivity index (χ0) is 31.7. The number of benzene rings is 2. The van der Waals surface area contributed by atoms with Crippen LogP contribution in [0.15, 0.2) is 36.4 Å². The fourth-order valence-electron chi connectivity index (χ4n) is 3.52. The van der Waals surface area contributed by atoms with Gasteiger partial charge in [-0.05, 0) is 36.8 Å². The molecular formula is C24H17Cl3F10N2OS. The maximum atomic E-state index is 15.0. The van der Waals surface area contributed by atoms with Crippen LogP contribution in [0.4, 0.5) is 43.9 Å². The van der Waals surface area contributed by atoms with Gasteiger partial charge >= 0.3 is 18.5 Å². The van der Waals surface area contributed by atoms with E-state index >= 15 is 4.39 Å². The number of thiocarbonyl (C=S) groups is 1. The fraction of sp³-hybridized carbons (Fsp3) is 0.333. The molecule has 2 aromatic carbocycles. The van der Waals surface area contributed by atoms with Crippen LogP contribution in [0.2, 0.25) is 15.1 Å². The monoisotopic (exact) mass is 676 g/mol. The molecule has 0 fully saturated rings. The summed E-state index contributed by atoms with van der Waals surface area (Å²) in [6.07, 6.45) is -15.0. The van der Waals surface area contributed by atoms with Crippen molar-refractivity contribution in [2.45, 2.75) is 37.4 Å². The molecule has 2 aromatic rings. The van der Waals surface area contributed by atoms with Crippen molar-refractivity contribution in [1.29, 1.82) is 0 Å². The topological polar surface area (TPSA) is 32.3 Å². The molecule has 0 aromatic heterocycles. The highest BCUT2D eigenvalue weighted by Gasteiger charge is 2.41. The van der Waals surface area contributed by atoms with E-state index in [1.165, 1.54) is 0 Å². The summed E-state index contributed by atoms with van der Waals surface area (Å²) in [4.78, 5) is 11.7. The van der Waals surface area contributed by atoms with Gasteiger partial charge in [-0.15, -0.1) is 0 Å². The average molecular weight is 678 g/mol. The van der Waals surface area contributed by atoms with Gasteiger partial charge in [0.1, 0.15) is 29.3 Å². The Bertz CT molecular complexity index is 1320. The first kappa shape index (κ1) is 34.9. The minimum Gasteiger partial charge on any atom is -0.364 e. The van der Waals surface area contributed by atoms with E-state index in [0.717, 1.165) is 26.1 Å². The van der Waals surface area contributed by atoms with Crippen molar-refractivity contribution in [3.05, 3.63) is 73.7 Å². The summed E-state index contributed by atoms with van der Waals surface area (Å²) < 4.78 is 136. The molecule has 17 heteroatoms. The highest BCUT2D eigenvalue weighted by Crippen LogP contribution is 2.43. The number of nitrogens with one attached hydrogen (secondary N) is 1. The Morgan fingerprint density at radius 1 is 1.00 bits per heavy atom. The van der Waals surface area contributed by atoms with Gasteiger partial charge in [-0.3, -0.25) is 4.79 Å². The Hall–Kier alpha value is -2.29. The average Bonchev–Trinajstić information content (AvgIpc) is 2.82. The van der Waals surface area contributed by atoms with Crippen molar-refractivity contribution in [2.24, 2.45) is 0 Å². The smallest absolute Gasteiger partial charge is 0.364 e. The number of carbonyl (C=O) groups is 1. The Kier molecular flexibility index (Phi) is 11.0. The molecule has 1 N–H and O–H groups in total. The van der Waals surface area contributed by atoms with Crippen molar-refractivity contribution in [3.63, 3.8) is 0 Å². The number of amides is 1. The van der Waals surface area contributed by atoms with Crippen LogP contribution < -0.4 is 5.32 Å². The lowest BCUT2D eigenvalue weighted by molar-refractivity contribution is -0.159. The number of nitrogens with zero attached hydrogens (tertiary/aromatic N) is 1. The minimum atomic E-state index is -5.21. The first-order valence-electron chi connectivity index (χ1n) is 11.0. The van der Waals surface area contributed by atoms with E-state index in [1.807, 2.05) is 0 Å². The largest absolute Gasteiger partial charge is 0.417 e. The summed E-state index contributed by atoms with van der Waals surface area (Å²) in [5.41, 5.74) is -3.93. The molecule has 41 heavy (non-hydrogen) atoms. The highest BCUT2D eigenvalue weighted by molar-refractivity contribution is 7.80. The second-order valence-electron chi connectivity index (χ2n) is 8.60. The molecule has 0 heterocycles. The van der Waals surface area contributed by atoms with E-state index in [1.54, 1.807) is 0 Å². The number of carbonyl (C=O) groups excluding carboxylic acids is 1. The molecule has 2 unspecified atom stereocenters. The van der Waals surface area contributed by atoms with E-state index in [2.05, 4.69) is 5.32 Å². The number of hydrogen-bond donors (Lipinski definition) is 1. The summed E-state index contributed by atoms with van der Waals surface area (Å²) in [7, 11) is 0.822. The van der Waals surface area contributed by atoms with Gasteiger partial charge in [0.2, 0.25) is 5.91 Å². The Balaban J connectivity index is 2.47. The molecule has 0 aliphatic heterocycles. The van der Waals surface area contributed by atoms with Gasteiger partial charge in [0, 0.05) is 18.2 Å². The predicted octanol–water partition coefficient (Wildman–Crippen LogP) is 9.00. The van der Waals surface area contributed by atoms with Crippen LogP contribution in [-0.2, 0) is 11.0 Å². The molecule has 2 atom stereocenters. The molecule has 0 aliphatic carbocycles. The van der Waals surface area contributed by atoms with Gasteiger partial charge in [-0.2, -0.15) is 39.5 Å². The van der Waals surface area contributed by atoms with Crippen molar-refractivity contribution >= 4 is 63.7 Å². The van der Waals surface area contributed by atoms with E-state index in [-0.39, 0.29) is 32.1 Å². The number of hydrogen-bond acceptors (Lipinski definition) is 2. The van der Waals surface area contributed by atoms with E-state index in [9.17, 15) is 44.3 Å². The molecule has 0 bridgehead atoms. The second kappa shape index (κ2) is 12.9. The third kappa shape index (κ3) is 9.35. The molecule has 0 saturated carbocycles. The predicted molar refractivity (Wildman–Crippen MR) is 139 cm³/mol. The van der Waals surface area contributed by atoms with Gasteiger partial charge in [0.15, 0.2) is 0 Å². The highest BCUT2D eigenvalue weighted by atomic mass is 35.5. The molecule has 2 rings (SSSR count). The normalized spacial score (nSPS) is 14.5. The van der Waals surface area contributed by atoms with Gasteiger partial charge in [-0.25, -0.2) is 4.39 Å². The SMILES string of the molecule is CC(NC(=S)c1ccc(/C(F)=C/C(c2cc(Cl)c(Cl)c(Cl)c2)C(F)(F)F)cc1C(F)(F)F)C(=O)N(C)CC(F)(F)F. The zero-order valence-electron chi connectivity index (χ0n) is 20.5. The summed E-state index contributed by atoms with van der Waals surface area (Å²) in [6.45, 7) is -0.579. The molecule has 1 amide bonds. The zero-order valence-corrected chi connectivity index (χ0v) is 23.6. The van der Waals surface area contributed by atoms with E-state index < -0.39 is 76.0 Å². The summed E-state index contributed by atoms with van der Waals surface area (Å²) in [6, 6.07) is 1.62. The Morgan fingerprint density at radius 2 is 1.54 bits per heavy atom. The fourth-order valence-corrected chi connectivity index (χ4v) is 4.48. The number of rotatable bonds is 7. The first-order valence-corrected chi connectivity index (χ1v) is 12.5. The van der Waals surface area contributed by atoms with Crippen LogP contribution >= 0.6 is 47.0 Å². The lowest BCUT2D eigenvalue weighted by Crippen LogP contribution is -2.48. The van der Waals surface area contributed by atoms with Crippen LogP contribution in [0, 0.1) is 0 Å². The molecule has 226 valence electrons. The number of alkyl halides is 9. The third-order valence-electron chi connectivity index (χ3n) is 5.39. The standard InChI is InChI=1S/C24H17Cl3F10N2OS/c1-10(21(40)39(2)9-22(29,30)31)38-20(41)13-4-3-11(5-15(13)24(35,36)37)18(28)8-14(23(32,33)34)12-6-16(25)19(27)17(26)7-12/h3-8,10,14H,9H2,1-2H3,(H,38,41)/b18-8-. The Labute approximate surface area is 247 Å². The van der Waals surface area contributed by atoms with Gasteiger partial charge in [0.25, 0.3) is 0 Å². The van der Waals surface area contributed by atoms with Crippen molar-refractivity contribution < 1.29 is 48.7 Å². The van der Waals surface area contributed by atoms with Gasteiger partial charge in [0.05, 0.1) is 20.6 Å². The van der Waals surface area contributed by atoms with E-state index in [0.29, 0.717) is 12.1 Å². The van der Waals surface area contributed by atoms with E-state index in [4.69, 9.17) is 47.0 Å². The molecular weight excluding hydrogens is 661 g/mol. The van der Waals surface area contributed by atoms with Crippen LogP contribution in [0.3, 0.4) is 0 Å². The molecule has 0 spiro atoms. The lowest BCUT2D eigenvalue weighted by atomic mass is 9.95. The van der Waals surface area contributed by atoms with Crippen molar-refractivity contribution in [1.82, 2.24) is 10.2 Å². The second-order valence-corrected chi connectivity index (χ2v) is 10.2. The Morgan fingerprint density at radius 3 is 2.00 bits per heavy atom. The number of allylic oxidation sites excluding steroid dienone is 1.